The summed E-state index contributed by atoms with van der Waals surface area (Å²) in [6.07, 6.45) is 2.20. The molecule has 0 bridgehead atoms. The average molecular weight is 322 g/mol. The lowest BCUT2D eigenvalue weighted by atomic mass is 10.1. The van der Waals surface area contributed by atoms with Crippen LogP contribution in [-0.2, 0) is 4.79 Å². The lowest BCUT2D eigenvalue weighted by Gasteiger charge is -2.12. The zero-order valence-corrected chi connectivity index (χ0v) is 14.2. The zero-order chi connectivity index (χ0) is 17.1. The van der Waals surface area contributed by atoms with E-state index in [0.29, 0.717) is 17.6 Å². The Morgan fingerprint density at radius 3 is 2.74 bits per heavy atom. The normalized spacial score (nSPS) is 11.4. The lowest BCUT2D eigenvalue weighted by Crippen LogP contribution is -2.38. The fraction of sp³-hybridized carbons (Fsp3) is 0.529. The maximum absolute atomic E-state index is 13.1. The number of benzene rings is 1. The van der Waals surface area contributed by atoms with Crippen molar-refractivity contribution in [2.24, 2.45) is 10.9 Å². The topological polar surface area (TPSA) is 65.5 Å². The van der Waals surface area contributed by atoms with Crippen LogP contribution in [0.25, 0.3) is 0 Å². The molecule has 1 amide bonds. The van der Waals surface area contributed by atoms with E-state index in [1.165, 1.54) is 12.1 Å². The number of nitrogens with zero attached hydrogens (tertiary/aromatic N) is 1. The predicted octanol–water partition coefficient (Wildman–Crippen LogP) is 2.76. The van der Waals surface area contributed by atoms with Crippen molar-refractivity contribution in [3.05, 3.63) is 30.1 Å². The Kier molecular flexibility index (Phi) is 8.72. The van der Waals surface area contributed by atoms with Crippen LogP contribution >= 0.6 is 0 Å². The van der Waals surface area contributed by atoms with Crippen LogP contribution in [0.3, 0.4) is 0 Å². The fourth-order valence-electron chi connectivity index (χ4n) is 1.98. The molecule has 3 N–H and O–H groups in total. The zero-order valence-electron chi connectivity index (χ0n) is 14.2. The predicted molar refractivity (Wildman–Crippen MR) is 93.1 cm³/mol. The molecular weight excluding hydrogens is 295 g/mol. The molecule has 0 spiro atoms. The van der Waals surface area contributed by atoms with E-state index in [-0.39, 0.29) is 18.3 Å². The van der Waals surface area contributed by atoms with Crippen molar-refractivity contribution >= 4 is 17.6 Å². The molecule has 0 aliphatic carbocycles. The molecule has 5 nitrogen and oxygen atoms in total. The Balaban J connectivity index is 2.44. The monoisotopic (exact) mass is 322 g/mol. The van der Waals surface area contributed by atoms with Crippen molar-refractivity contribution in [3.63, 3.8) is 0 Å². The van der Waals surface area contributed by atoms with Crippen molar-refractivity contribution in [2.75, 3.05) is 25.0 Å². The first-order valence-electron chi connectivity index (χ1n) is 8.09. The van der Waals surface area contributed by atoms with Gasteiger partial charge in [0.05, 0.1) is 0 Å². The number of aliphatic imine (C=N–C) groups is 1. The van der Waals surface area contributed by atoms with E-state index in [1.54, 1.807) is 12.1 Å². The van der Waals surface area contributed by atoms with Gasteiger partial charge in [-0.05, 0) is 43.9 Å². The van der Waals surface area contributed by atoms with Crippen LogP contribution in [0.5, 0.6) is 0 Å². The van der Waals surface area contributed by atoms with Gasteiger partial charge in [0.25, 0.3) is 0 Å². The molecule has 0 saturated carbocycles. The number of hydrogen-bond acceptors (Lipinski definition) is 2. The van der Waals surface area contributed by atoms with Gasteiger partial charge in [-0.15, -0.1) is 0 Å². The molecule has 0 unspecified atom stereocenters. The van der Waals surface area contributed by atoms with Crippen LogP contribution in [0, 0.1) is 11.7 Å². The quantitative estimate of drug-likeness (QED) is 0.392. The third-order valence-corrected chi connectivity index (χ3v) is 3.08. The minimum absolute atomic E-state index is 0.0178. The van der Waals surface area contributed by atoms with E-state index >= 15 is 0 Å². The number of nitrogens with one attached hydrogen (secondary N) is 3. The van der Waals surface area contributed by atoms with Gasteiger partial charge in [-0.3, -0.25) is 4.79 Å². The number of rotatable bonds is 8. The highest BCUT2D eigenvalue weighted by Gasteiger charge is 2.04. The molecule has 0 aromatic heterocycles. The van der Waals surface area contributed by atoms with E-state index < -0.39 is 0 Å². The summed E-state index contributed by atoms with van der Waals surface area (Å²) in [5.74, 6) is 0.625. The Morgan fingerprint density at radius 2 is 2.09 bits per heavy atom. The molecule has 6 heteroatoms. The first-order chi connectivity index (χ1) is 11.0. The molecule has 0 saturated heterocycles. The Bertz CT molecular complexity index is 517. The second kappa shape index (κ2) is 10.6. The van der Waals surface area contributed by atoms with Gasteiger partial charge in [0, 0.05) is 18.8 Å². The summed E-state index contributed by atoms with van der Waals surface area (Å²) in [6.45, 7) is 7.87. The summed E-state index contributed by atoms with van der Waals surface area (Å²) in [5, 5.41) is 8.92. The van der Waals surface area contributed by atoms with E-state index in [4.69, 9.17) is 0 Å². The van der Waals surface area contributed by atoms with Gasteiger partial charge in [0.15, 0.2) is 5.96 Å². The van der Waals surface area contributed by atoms with Crippen LogP contribution in [0.4, 0.5) is 10.1 Å². The number of anilines is 1. The van der Waals surface area contributed by atoms with Crippen molar-refractivity contribution in [3.8, 4) is 0 Å². The summed E-state index contributed by atoms with van der Waals surface area (Å²) in [6, 6.07) is 5.80. The summed E-state index contributed by atoms with van der Waals surface area (Å²) >= 11 is 0. The van der Waals surface area contributed by atoms with Gasteiger partial charge >= 0.3 is 0 Å². The summed E-state index contributed by atoms with van der Waals surface area (Å²) in [4.78, 5) is 16.1. The first kappa shape index (κ1) is 18.9. The van der Waals surface area contributed by atoms with Gasteiger partial charge in [0.1, 0.15) is 12.4 Å². The molecule has 1 aromatic carbocycles. The number of carbonyl (C=O) groups excluding carboxylic acids is 1. The van der Waals surface area contributed by atoms with E-state index in [0.717, 1.165) is 25.9 Å². The summed E-state index contributed by atoms with van der Waals surface area (Å²) in [7, 11) is 0. The molecule has 23 heavy (non-hydrogen) atoms. The number of halogens is 1. The Morgan fingerprint density at radius 1 is 1.30 bits per heavy atom. The highest BCUT2D eigenvalue weighted by molar-refractivity contribution is 5.94. The second-order valence-electron chi connectivity index (χ2n) is 5.72. The Labute approximate surface area is 137 Å². The second-order valence-corrected chi connectivity index (χ2v) is 5.72. The first-order valence-corrected chi connectivity index (χ1v) is 8.09. The van der Waals surface area contributed by atoms with Crippen molar-refractivity contribution in [2.45, 2.75) is 33.6 Å². The largest absolute Gasteiger partial charge is 0.357 e. The van der Waals surface area contributed by atoms with E-state index in [1.807, 2.05) is 6.92 Å². The van der Waals surface area contributed by atoms with Gasteiger partial charge < -0.3 is 16.0 Å². The van der Waals surface area contributed by atoms with Gasteiger partial charge in [-0.1, -0.05) is 19.9 Å². The van der Waals surface area contributed by atoms with E-state index in [2.05, 4.69) is 34.8 Å². The van der Waals surface area contributed by atoms with Crippen molar-refractivity contribution < 1.29 is 9.18 Å². The van der Waals surface area contributed by atoms with Gasteiger partial charge in [-0.2, -0.15) is 0 Å². The van der Waals surface area contributed by atoms with Crippen LogP contribution in [0.15, 0.2) is 29.3 Å². The van der Waals surface area contributed by atoms with Crippen LogP contribution in [0.1, 0.15) is 33.6 Å². The van der Waals surface area contributed by atoms with Gasteiger partial charge in [-0.25, -0.2) is 9.38 Å². The van der Waals surface area contributed by atoms with Gasteiger partial charge in [0.2, 0.25) is 5.91 Å². The SMILES string of the molecule is CCNC(=NCC(=O)Nc1cccc(F)c1)NCCCC(C)C. The molecule has 0 radical (unpaired) electrons. The molecular formula is C17H27FN4O. The third kappa shape index (κ3) is 8.80. The fourth-order valence-corrected chi connectivity index (χ4v) is 1.98. The third-order valence-electron chi connectivity index (χ3n) is 3.08. The van der Waals surface area contributed by atoms with Crippen LogP contribution in [0.2, 0.25) is 0 Å². The smallest absolute Gasteiger partial charge is 0.246 e. The minimum Gasteiger partial charge on any atom is -0.357 e. The summed E-state index contributed by atoms with van der Waals surface area (Å²) < 4.78 is 13.1. The number of carbonyl (C=O) groups is 1. The molecule has 0 aliphatic rings. The van der Waals surface area contributed by atoms with Crippen LogP contribution < -0.4 is 16.0 Å². The van der Waals surface area contributed by atoms with Crippen molar-refractivity contribution in [1.29, 1.82) is 0 Å². The van der Waals surface area contributed by atoms with Crippen LogP contribution in [-0.4, -0.2) is 31.5 Å². The molecule has 0 fully saturated rings. The minimum atomic E-state index is -0.383. The molecule has 0 aliphatic heterocycles. The van der Waals surface area contributed by atoms with Crippen molar-refractivity contribution in [1.82, 2.24) is 10.6 Å². The molecule has 0 atom stereocenters. The highest BCUT2D eigenvalue weighted by atomic mass is 19.1. The molecule has 0 heterocycles. The molecule has 1 rings (SSSR count). The maximum Gasteiger partial charge on any atom is 0.246 e. The lowest BCUT2D eigenvalue weighted by molar-refractivity contribution is -0.114. The molecule has 128 valence electrons. The number of hydrogen-bond donors (Lipinski definition) is 3. The number of guanidine groups is 1. The van der Waals surface area contributed by atoms with E-state index in [9.17, 15) is 9.18 Å². The molecule has 1 aromatic rings. The number of amides is 1. The summed E-state index contributed by atoms with van der Waals surface area (Å²) in [5.41, 5.74) is 0.431. The standard InChI is InChI=1S/C17H27FN4O/c1-4-19-17(20-10-6-7-13(2)3)21-12-16(23)22-15-9-5-8-14(18)11-15/h5,8-9,11,13H,4,6-7,10,12H2,1-3H3,(H,22,23)(H2,19,20,21). The Hall–Kier alpha value is -2.11. The average Bonchev–Trinajstić information content (AvgIpc) is 2.48. The maximum atomic E-state index is 13.1. The highest BCUT2D eigenvalue weighted by Crippen LogP contribution is 2.08.